The van der Waals surface area contributed by atoms with Crippen molar-refractivity contribution in [1.82, 2.24) is 9.80 Å². The second-order valence-corrected chi connectivity index (χ2v) is 4.24. The SMILES string of the molecule is CCN(CC(=O)N(C)C)C1CC(N)C1. The largest absolute Gasteiger partial charge is 0.348 e. The average Bonchev–Trinajstić information content (AvgIpc) is 2.09. The Morgan fingerprint density at radius 2 is 2.00 bits per heavy atom. The number of likely N-dealkylation sites (N-methyl/N-ethyl adjacent to an activating group) is 2. The highest BCUT2D eigenvalue weighted by Crippen LogP contribution is 2.23. The fourth-order valence-corrected chi connectivity index (χ4v) is 1.74. The molecule has 0 aliphatic heterocycles. The molecule has 4 nitrogen and oxygen atoms in total. The van der Waals surface area contributed by atoms with Gasteiger partial charge in [-0.15, -0.1) is 0 Å². The molecule has 0 bridgehead atoms. The summed E-state index contributed by atoms with van der Waals surface area (Å²) in [5, 5.41) is 0. The molecule has 82 valence electrons. The molecule has 14 heavy (non-hydrogen) atoms. The van der Waals surface area contributed by atoms with Crippen LogP contribution in [0.2, 0.25) is 0 Å². The van der Waals surface area contributed by atoms with Crippen LogP contribution in [0.5, 0.6) is 0 Å². The van der Waals surface area contributed by atoms with Crippen molar-refractivity contribution in [3.8, 4) is 0 Å². The first-order valence-corrected chi connectivity index (χ1v) is 5.24. The van der Waals surface area contributed by atoms with Crippen LogP contribution < -0.4 is 5.73 Å². The summed E-state index contributed by atoms with van der Waals surface area (Å²) >= 11 is 0. The van der Waals surface area contributed by atoms with Gasteiger partial charge in [0.2, 0.25) is 5.91 Å². The Morgan fingerprint density at radius 1 is 1.43 bits per heavy atom. The van der Waals surface area contributed by atoms with E-state index < -0.39 is 0 Å². The van der Waals surface area contributed by atoms with Gasteiger partial charge in [-0.1, -0.05) is 6.92 Å². The topological polar surface area (TPSA) is 49.6 Å². The van der Waals surface area contributed by atoms with E-state index in [1.54, 1.807) is 19.0 Å². The first kappa shape index (κ1) is 11.5. The molecule has 0 saturated heterocycles. The summed E-state index contributed by atoms with van der Waals surface area (Å²) in [4.78, 5) is 15.3. The lowest BCUT2D eigenvalue weighted by Crippen LogP contribution is -2.52. The van der Waals surface area contributed by atoms with Gasteiger partial charge in [0.25, 0.3) is 0 Å². The van der Waals surface area contributed by atoms with Gasteiger partial charge in [0.05, 0.1) is 6.54 Å². The lowest BCUT2D eigenvalue weighted by molar-refractivity contribution is -0.131. The van der Waals surface area contributed by atoms with Gasteiger partial charge in [0, 0.05) is 26.2 Å². The number of rotatable bonds is 4. The minimum atomic E-state index is 0.173. The van der Waals surface area contributed by atoms with Gasteiger partial charge in [-0.25, -0.2) is 0 Å². The average molecular weight is 199 g/mol. The molecule has 0 unspecified atom stereocenters. The van der Waals surface area contributed by atoms with Crippen LogP contribution in [0.25, 0.3) is 0 Å². The zero-order valence-electron chi connectivity index (χ0n) is 9.36. The summed E-state index contributed by atoms with van der Waals surface area (Å²) in [5.74, 6) is 0.173. The number of hydrogen-bond donors (Lipinski definition) is 1. The number of carbonyl (C=O) groups is 1. The first-order valence-electron chi connectivity index (χ1n) is 5.24. The van der Waals surface area contributed by atoms with Gasteiger partial charge in [-0.05, 0) is 19.4 Å². The summed E-state index contributed by atoms with van der Waals surface area (Å²) in [6.07, 6.45) is 2.07. The Hall–Kier alpha value is -0.610. The Labute approximate surface area is 86.0 Å². The molecule has 1 fully saturated rings. The number of nitrogens with zero attached hydrogens (tertiary/aromatic N) is 2. The third-order valence-electron chi connectivity index (χ3n) is 2.91. The number of nitrogens with two attached hydrogens (primary N) is 1. The number of hydrogen-bond acceptors (Lipinski definition) is 3. The minimum absolute atomic E-state index is 0.173. The van der Waals surface area contributed by atoms with Crippen LogP contribution in [0.3, 0.4) is 0 Å². The van der Waals surface area contributed by atoms with Crippen LogP contribution >= 0.6 is 0 Å². The number of carbonyl (C=O) groups excluding carboxylic acids is 1. The van der Waals surface area contributed by atoms with Gasteiger partial charge in [-0.3, -0.25) is 9.69 Å². The van der Waals surface area contributed by atoms with Crippen molar-refractivity contribution >= 4 is 5.91 Å². The molecule has 0 heterocycles. The highest BCUT2D eigenvalue weighted by molar-refractivity contribution is 5.77. The van der Waals surface area contributed by atoms with Gasteiger partial charge < -0.3 is 10.6 Å². The second kappa shape index (κ2) is 4.75. The van der Waals surface area contributed by atoms with Crippen LogP contribution in [0.4, 0.5) is 0 Å². The second-order valence-electron chi connectivity index (χ2n) is 4.24. The molecule has 1 saturated carbocycles. The van der Waals surface area contributed by atoms with Crippen molar-refractivity contribution in [2.75, 3.05) is 27.2 Å². The molecule has 0 spiro atoms. The molecule has 0 aromatic carbocycles. The Bertz CT molecular complexity index is 200. The lowest BCUT2D eigenvalue weighted by atomic mass is 9.86. The molecule has 1 aliphatic carbocycles. The van der Waals surface area contributed by atoms with E-state index >= 15 is 0 Å². The van der Waals surface area contributed by atoms with Crippen LogP contribution in [0, 0.1) is 0 Å². The van der Waals surface area contributed by atoms with Crippen LogP contribution in [0.15, 0.2) is 0 Å². The zero-order valence-corrected chi connectivity index (χ0v) is 9.36. The lowest BCUT2D eigenvalue weighted by Gasteiger charge is -2.40. The summed E-state index contributed by atoms with van der Waals surface area (Å²) < 4.78 is 0. The fourth-order valence-electron chi connectivity index (χ4n) is 1.74. The highest BCUT2D eigenvalue weighted by Gasteiger charge is 2.31. The van der Waals surface area contributed by atoms with E-state index in [0.717, 1.165) is 19.4 Å². The molecule has 2 N–H and O–H groups in total. The van der Waals surface area contributed by atoms with E-state index in [9.17, 15) is 4.79 Å². The van der Waals surface area contributed by atoms with Crippen molar-refractivity contribution in [3.05, 3.63) is 0 Å². The van der Waals surface area contributed by atoms with E-state index in [2.05, 4.69) is 11.8 Å². The van der Waals surface area contributed by atoms with Crippen LogP contribution in [0.1, 0.15) is 19.8 Å². The molecule has 1 aliphatic rings. The third-order valence-corrected chi connectivity index (χ3v) is 2.91. The Kier molecular flexibility index (Phi) is 3.89. The predicted molar refractivity (Wildman–Crippen MR) is 56.9 cm³/mol. The standard InChI is InChI=1S/C10H21N3O/c1-4-13(7-10(14)12(2)3)9-5-8(11)6-9/h8-9H,4-7,11H2,1-3H3. The zero-order chi connectivity index (χ0) is 10.7. The van der Waals surface area contributed by atoms with Crippen LogP contribution in [-0.2, 0) is 4.79 Å². The van der Waals surface area contributed by atoms with Gasteiger partial charge in [0.15, 0.2) is 0 Å². The van der Waals surface area contributed by atoms with Gasteiger partial charge in [0.1, 0.15) is 0 Å². The summed E-state index contributed by atoms with van der Waals surface area (Å²) in [7, 11) is 3.59. The minimum Gasteiger partial charge on any atom is -0.348 e. The van der Waals surface area contributed by atoms with E-state index in [1.165, 1.54) is 0 Å². The van der Waals surface area contributed by atoms with E-state index in [0.29, 0.717) is 18.6 Å². The maximum Gasteiger partial charge on any atom is 0.236 e. The third kappa shape index (κ3) is 2.69. The summed E-state index contributed by atoms with van der Waals surface area (Å²) in [6.45, 7) is 3.55. The Morgan fingerprint density at radius 3 is 2.36 bits per heavy atom. The fraction of sp³-hybridized carbons (Fsp3) is 0.900. The first-order chi connectivity index (χ1) is 6.54. The quantitative estimate of drug-likeness (QED) is 0.687. The van der Waals surface area contributed by atoms with Crippen molar-refractivity contribution in [2.45, 2.75) is 31.8 Å². The van der Waals surface area contributed by atoms with E-state index in [-0.39, 0.29) is 5.91 Å². The Balaban J connectivity index is 2.36. The molecule has 1 amide bonds. The number of amides is 1. The molecule has 4 heteroatoms. The van der Waals surface area contributed by atoms with E-state index in [4.69, 9.17) is 5.73 Å². The predicted octanol–water partition coefficient (Wildman–Crippen LogP) is -0.114. The summed E-state index contributed by atoms with van der Waals surface area (Å²) in [6, 6.07) is 0.877. The molecule has 1 rings (SSSR count). The summed E-state index contributed by atoms with van der Waals surface area (Å²) in [5.41, 5.74) is 5.73. The normalized spacial score (nSPS) is 26.1. The van der Waals surface area contributed by atoms with Crippen LogP contribution in [-0.4, -0.2) is 55.0 Å². The monoisotopic (exact) mass is 199 g/mol. The van der Waals surface area contributed by atoms with Crippen molar-refractivity contribution in [2.24, 2.45) is 5.73 Å². The smallest absolute Gasteiger partial charge is 0.236 e. The van der Waals surface area contributed by atoms with Crippen molar-refractivity contribution in [3.63, 3.8) is 0 Å². The van der Waals surface area contributed by atoms with Gasteiger partial charge >= 0.3 is 0 Å². The van der Waals surface area contributed by atoms with E-state index in [1.807, 2.05) is 0 Å². The molecule has 0 aromatic heterocycles. The molecule has 0 radical (unpaired) electrons. The maximum atomic E-state index is 11.5. The molecule has 0 atom stereocenters. The molecular formula is C10H21N3O. The van der Waals surface area contributed by atoms with Gasteiger partial charge in [-0.2, -0.15) is 0 Å². The van der Waals surface area contributed by atoms with Crippen molar-refractivity contribution < 1.29 is 4.79 Å². The van der Waals surface area contributed by atoms with Crippen molar-refractivity contribution in [1.29, 1.82) is 0 Å². The maximum absolute atomic E-state index is 11.5. The highest BCUT2D eigenvalue weighted by atomic mass is 16.2. The molecular weight excluding hydrogens is 178 g/mol. The molecule has 0 aromatic rings.